The number of ether oxygens (including phenoxy) is 1. The highest BCUT2D eigenvalue weighted by atomic mass is 35.5. The molecule has 0 N–H and O–H groups in total. The van der Waals surface area contributed by atoms with Crippen LogP contribution in [-0.4, -0.2) is 48.5 Å². The molecule has 1 spiro atoms. The van der Waals surface area contributed by atoms with Crippen molar-refractivity contribution in [1.29, 1.82) is 0 Å². The monoisotopic (exact) mass is 454 g/mol. The van der Waals surface area contributed by atoms with Gasteiger partial charge < -0.3 is 9.64 Å². The van der Waals surface area contributed by atoms with Crippen molar-refractivity contribution < 1.29 is 9.53 Å². The zero-order chi connectivity index (χ0) is 22.6. The van der Waals surface area contributed by atoms with Crippen molar-refractivity contribution in [2.24, 2.45) is 11.3 Å². The Balaban J connectivity index is 1.35. The van der Waals surface area contributed by atoms with Crippen molar-refractivity contribution in [3.05, 3.63) is 64.7 Å². The summed E-state index contributed by atoms with van der Waals surface area (Å²) in [6.45, 7) is 9.90. The molecule has 0 unspecified atom stereocenters. The second kappa shape index (κ2) is 10.3. The standard InChI is InChI=1S/C27H35ClN2O2/c1-21(2)19-32-25-7-4-3-6-23(25)18-29-16-13-27(14-17-29)12-5-15-30(20-27)26(31)22-8-10-24(28)11-9-22/h3-4,6-11,21H,5,12-20H2,1-2H3. The van der Waals surface area contributed by atoms with E-state index in [9.17, 15) is 4.79 Å². The maximum Gasteiger partial charge on any atom is 0.253 e. The van der Waals surface area contributed by atoms with E-state index in [-0.39, 0.29) is 11.3 Å². The fourth-order valence-electron chi connectivity index (χ4n) is 5.02. The van der Waals surface area contributed by atoms with Crippen molar-refractivity contribution in [1.82, 2.24) is 9.80 Å². The molecular formula is C27H35ClN2O2. The molecule has 4 rings (SSSR count). The Morgan fingerprint density at radius 2 is 1.75 bits per heavy atom. The lowest BCUT2D eigenvalue weighted by atomic mass is 9.72. The minimum Gasteiger partial charge on any atom is -0.493 e. The summed E-state index contributed by atoms with van der Waals surface area (Å²) < 4.78 is 6.06. The Labute approximate surface area is 197 Å². The van der Waals surface area contributed by atoms with Crippen LogP contribution in [0.25, 0.3) is 0 Å². The SMILES string of the molecule is CC(C)COc1ccccc1CN1CCC2(CCCN(C(=O)c3ccc(Cl)cc3)C2)CC1. The highest BCUT2D eigenvalue weighted by Gasteiger charge is 2.39. The molecule has 0 bridgehead atoms. The molecule has 2 fully saturated rings. The number of para-hydroxylation sites is 1. The molecule has 2 saturated heterocycles. The quantitative estimate of drug-likeness (QED) is 0.545. The van der Waals surface area contributed by atoms with E-state index in [1.54, 1.807) is 12.1 Å². The first kappa shape index (κ1) is 23.1. The van der Waals surface area contributed by atoms with Gasteiger partial charge in [-0.2, -0.15) is 0 Å². The van der Waals surface area contributed by atoms with Gasteiger partial charge in [-0.25, -0.2) is 0 Å². The first-order chi connectivity index (χ1) is 15.4. The molecular weight excluding hydrogens is 420 g/mol. The number of carbonyl (C=O) groups is 1. The molecule has 2 heterocycles. The maximum absolute atomic E-state index is 13.0. The van der Waals surface area contributed by atoms with Crippen LogP contribution in [0.2, 0.25) is 5.02 Å². The minimum absolute atomic E-state index is 0.138. The number of halogens is 1. The molecule has 0 atom stereocenters. The van der Waals surface area contributed by atoms with Gasteiger partial charge in [0.1, 0.15) is 5.75 Å². The topological polar surface area (TPSA) is 32.8 Å². The molecule has 0 radical (unpaired) electrons. The Morgan fingerprint density at radius 3 is 2.47 bits per heavy atom. The van der Waals surface area contributed by atoms with E-state index < -0.39 is 0 Å². The molecule has 4 nitrogen and oxygen atoms in total. The molecule has 32 heavy (non-hydrogen) atoms. The Kier molecular flexibility index (Phi) is 7.42. The maximum atomic E-state index is 13.0. The van der Waals surface area contributed by atoms with Crippen molar-refractivity contribution in [2.75, 3.05) is 32.8 Å². The average molecular weight is 455 g/mol. The first-order valence-electron chi connectivity index (χ1n) is 11.9. The molecule has 0 aliphatic carbocycles. The molecule has 5 heteroatoms. The van der Waals surface area contributed by atoms with Crippen LogP contribution in [0, 0.1) is 11.3 Å². The van der Waals surface area contributed by atoms with Gasteiger partial charge in [0, 0.05) is 35.8 Å². The van der Waals surface area contributed by atoms with Gasteiger partial charge in [-0.1, -0.05) is 43.6 Å². The number of rotatable bonds is 6. The second-order valence-corrected chi connectivity index (χ2v) is 10.4. The third-order valence-electron chi connectivity index (χ3n) is 6.90. The van der Waals surface area contributed by atoms with E-state index in [1.807, 2.05) is 12.1 Å². The fraction of sp³-hybridized carbons (Fsp3) is 0.519. The van der Waals surface area contributed by atoms with Crippen LogP contribution in [0.5, 0.6) is 5.75 Å². The molecule has 2 aromatic rings. The lowest BCUT2D eigenvalue weighted by Crippen LogP contribution is -2.51. The molecule has 2 aromatic carbocycles. The van der Waals surface area contributed by atoms with Crippen LogP contribution < -0.4 is 4.74 Å². The summed E-state index contributed by atoms with van der Waals surface area (Å²) in [5, 5.41) is 0.667. The minimum atomic E-state index is 0.138. The largest absolute Gasteiger partial charge is 0.493 e. The molecule has 2 aliphatic heterocycles. The van der Waals surface area contributed by atoms with E-state index in [2.05, 4.69) is 47.9 Å². The Hall–Kier alpha value is -2.04. The van der Waals surface area contributed by atoms with Gasteiger partial charge in [0.2, 0.25) is 0 Å². The van der Waals surface area contributed by atoms with Gasteiger partial charge in [-0.15, -0.1) is 0 Å². The third kappa shape index (κ3) is 5.65. The number of hydrogen-bond donors (Lipinski definition) is 0. The lowest BCUT2D eigenvalue weighted by molar-refractivity contribution is 0.0196. The summed E-state index contributed by atoms with van der Waals surface area (Å²) in [5.41, 5.74) is 2.26. The van der Waals surface area contributed by atoms with E-state index in [0.717, 1.165) is 69.9 Å². The molecule has 2 aliphatic rings. The van der Waals surface area contributed by atoms with E-state index in [0.29, 0.717) is 10.9 Å². The number of carbonyl (C=O) groups excluding carboxylic acids is 1. The number of benzene rings is 2. The number of hydrogen-bond acceptors (Lipinski definition) is 3. The van der Waals surface area contributed by atoms with Gasteiger partial charge in [0.25, 0.3) is 5.91 Å². The Bertz CT molecular complexity index is 904. The van der Waals surface area contributed by atoms with Crippen LogP contribution in [0.1, 0.15) is 55.5 Å². The summed E-state index contributed by atoms with van der Waals surface area (Å²) in [6, 6.07) is 15.7. The number of nitrogens with zero attached hydrogens (tertiary/aromatic N) is 2. The van der Waals surface area contributed by atoms with Gasteiger partial charge in [-0.3, -0.25) is 9.69 Å². The third-order valence-corrected chi connectivity index (χ3v) is 7.15. The smallest absolute Gasteiger partial charge is 0.253 e. The highest BCUT2D eigenvalue weighted by Crippen LogP contribution is 2.40. The van der Waals surface area contributed by atoms with Crippen molar-refractivity contribution in [3.8, 4) is 5.75 Å². The van der Waals surface area contributed by atoms with Gasteiger partial charge in [0.05, 0.1) is 6.61 Å². The highest BCUT2D eigenvalue weighted by molar-refractivity contribution is 6.30. The van der Waals surface area contributed by atoms with Gasteiger partial charge in [0.15, 0.2) is 0 Å². The predicted molar refractivity (Wildman–Crippen MR) is 130 cm³/mol. The van der Waals surface area contributed by atoms with E-state index in [4.69, 9.17) is 16.3 Å². The van der Waals surface area contributed by atoms with Crippen LogP contribution in [0.15, 0.2) is 48.5 Å². The molecule has 172 valence electrons. The zero-order valence-electron chi connectivity index (χ0n) is 19.4. The number of likely N-dealkylation sites (tertiary alicyclic amines) is 2. The van der Waals surface area contributed by atoms with Crippen LogP contribution in [-0.2, 0) is 6.54 Å². The number of piperidine rings is 2. The molecule has 1 amide bonds. The zero-order valence-corrected chi connectivity index (χ0v) is 20.1. The lowest BCUT2D eigenvalue weighted by Gasteiger charge is -2.47. The summed E-state index contributed by atoms with van der Waals surface area (Å²) in [5.74, 6) is 1.67. The fourth-order valence-corrected chi connectivity index (χ4v) is 5.15. The summed E-state index contributed by atoms with van der Waals surface area (Å²) in [7, 11) is 0. The van der Waals surface area contributed by atoms with Crippen molar-refractivity contribution >= 4 is 17.5 Å². The van der Waals surface area contributed by atoms with Gasteiger partial charge >= 0.3 is 0 Å². The van der Waals surface area contributed by atoms with E-state index >= 15 is 0 Å². The van der Waals surface area contributed by atoms with E-state index in [1.165, 1.54) is 12.0 Å². The normalized spacial score (nSPS) is 18.8. The summed E-state index contributed by atoms with van der Waals surface area (Å²) in [4.78, 5) is 17.7. The average Bonchev–Trinajstić information content (AvgIpc) is 2.80. The molecule has 0 aromatic heterocycles. The van der Waals surface area contributed by atoms with Crippen molar-refractivity contribution in [2.45, 2.75) is 46.1 Å². The summed E-state index contributed by atoms with van der Waals surface area (Å²) >= 11 is 5.99. The van der Waals surface area contributed by atoms with Gasteiger partial charge in [-0.05, 0) is 80.4 Å². The van der Waals surface area contributed by atoms with Crippen LogP contribution in [0.3, 0.4) is 0 Å². The van der Waals surface area contributed by atoms with Crippen LogP contribution >= 0.6 is 11.6 Å². The van der Waals surface area contributed by atoms with Crippen LogP contribution in [0.4, 0.5) is 0 Å². The second-order valence-electron chi connectivity index (χ2n) is 9.93. The molecule has 0 saturated carbocycles. The van der Waals surface area contributed by atoms with Crippen molar-refractivity contribution in [3.63, 3.8) is 0 Å². The summed E-state index contributed by atoms with van der Waals surface area (Å²) in [6.07, 6.45) is 4.60. The predicted octanol–water partition coefficient (Wildman–Crippen LogP) is 5.89. The first-order valence-corrected chi connectivity index (χ1v) is 12.3. The number of amides is 1. The Morgan fingerprint density at radius 1 is 1.03 bits per heavy atom.